The zero-order chi connectivity index (χ0) is 11.2. The summed E-state index contributed by atoms with van der Waals surface area (Å²) in [5.41, 5.74) is 0.223. The minimum absolute atomic E-state index is 0.103. The summed E-state index contributed by atoms with van der Waals surface area (Å²) in [7, 11) is -4.01. The van der Waals surface area contributed by atoms with Gasteiger partial charge in [0.15, 0.2) is 0 Å². The minimum Gasteiger partial charge on any atom is -0.478 e. The lowest BCUT2D eigenvalue weighted by Gasteiger charge is -2.02. The smallest absolute Gasteiger partial charge is 0.331 e. The number of carbonyl (C=O) groups is 1. The van der Waals surface area contributed by atoms with E-state index in [9.17, 15) is 9.36 Å². The third-order valence-electron chi connectivity index (χ3n) is 1.61. The number of allylic oxidation sites excluding steroid dienone is 1. The highest BCUT2D eigenvalue weighted by Crippen LogP contribution is 2.35. The molecule has 0 atom stereocenters. The molecule has 6 heteroatoms. The average molecular weight is 222 g/mol. The maximum atomic E-state index is 10.6. The Kier molecular flexibility index (Phi) is 5.69. The average Bonchev–Trinajstić information content (AvgIpc) is 2.00. The molecule has 0 radical (unpaired) electrons. The molecule has 0 bridgehead atoms. The molecule has 0 aromatic rings. The van der Waals surface area contributed by atoms with Crippen LogP contribution < -0.4 is 0 Å². The first-order valence-corrected chi connectivity index (χ1v) is 6.13. The lowest BCUT2D eigenvalue weighted by atomic mass is 10.1. The van der Waals surface area contributed by atoms with Crippen molar-refractivity contribution in [3.63, 3.8) is 0 Å². The first-order valence-electron chi connectivity index (χ1n) is 4.33. The van der Waals surface area contributed by atoms with E-state index in [1.165, 1.54) is 6.08 Å². The molecule has 3 N–H and O–H groups in total. The SMILES string of the molecule is CCCC(=CCCP(=O)(O)O)C(=O)O. The van der Waals surface area contributed by atoms with Crippen LogP contribution in [0.15, 0.2) is 11.6 Å². The number of rotatable bonds is 6. The van der Waals surface area contributed by atoms with E-state index < -0.39 is 13.6 Å². The van der Waals surface area contributed by atoms with E-state index in [0.29, 0.717) is 12.8 Å². The predicted octanol–water partition coefficient (Wildman–Crippen LogP) is 1.37. The Morgan fingerprint density at radius 2 is 2.00 bits per heavy atom. The molecule has 0 amide bonds. The molecule has 0 rings (SSSR count). The van der Waals surface area contributed by atoms with Crippen LogP contribution in [0, 0.1) is 0 Å². The van der Waals surface area contributed by atoms with Gasteiger partial charge in [0, 0.05) is 5.57 Å². The molecule has 5 nitrogen and oxygen atoms in total. The molecular formula is C8H15O5P. The molecule has 0 fully saturated rings. The first-order chi connectivity index (χ1) is 6.37. The molecule has 0 aliphatic rings. The quantitative estimate of drug-likeness (QED) is 0.466. The number of hydrogen-bond acceptors (Lipinski definition) is 2. The van der Waals surface area contributed by atoms with Crippen molar-refractivity contribution >= 4 is 13.6 Å². The van der Waals surface area contributed by atoms with Gasteiger partial charge in [0.05, 0.1) is 6.16 Å². The van der Waals surface area contributed by atoms with Crippen molar-refractivity contribution in [3.8, 4) is 0 Å². The molecular weight excluding hydrogens is 207 g/mol. The second-order valence-electron chi connectivity index (χ2n) is 2.96. The highest BCUT2D eigenvalue weighted by atomic mass is 31.2. The van der Waals surface area contributed by atoms with E-state index in [4.69, 9.17) is 14.9 Å². The van der Waals surface area contributed by atoms with Crippen molar-refractivity contribution in [1.29, 1.82) is 0 Å². The van der Waals surface area contributed by atoms with E-state index in [1.54, 1.807) is 0 Å². The summed E-state index contributed by atoms with van der Waals surface area (Å²) in [6.45, 7) is 1.85. The van der Waals surface area contributed by atoms with Gasteiger partial charge in [0.1, 0.15) is 0 Å². The number of hydrogen-bond donors (Lipinski definition) is 3. The Bertz CT molecular complexity index is 265. The largest absolute Gasteiger partial charge is 0.478 e. The minimum atomic E-state index is -4.01. The molecule has 0 aliphatic heterocycles. The summed E-state index contributed by atoms with van der Waals surface area (Å²) >= 11 is 0. The predicted molar refractivity (Wildman–Crippen MR) is 52.2 cm³/mol. The second kappa shape index (κ2) is 5.96. The van der Waals surface area contributed by atoms with Gasteiger partial charge in [-0.05, 0) is 12.8 Å². The lowest BCUT2D eigenvalue weighted by Crippen LogP contribution is -2.00. The lowest BCUT2D eigenvalue weighted by molar-refractivity contribution is -0.132. The Hall–Kier alpha value is -0.640. The third kappa shape index (κ3) is 6.83. The van der Waals surface area contributed by atoms with Crippen molar-refractivity contribution < 1.29 is 24.3 Å². The fourth-order valence-corrected chi connectivity index (χ4v) is 1.44. The van der Waals surface area contributed by atoms with Gasteiger partial charge in [-0.1, -0.05) is 19.4 Å². The number of carboxylic acids is 1. The van der Waals surface area contributed by atoms with Crippen LogP contribution in [0.25, 0.3) is 0 Å². The molecule has 0 aromatic heterocycles. The Balaban J connectivity index is 4.17. The summed E-state index contributed by atoms with van der Waals surface area (Å²) in [5.74, 6) is -1.02. The van der Waals surface area contributed by atoms with Gasteiger partial charge in [0.25, 0.3) is 0 Å². The van der Waals surface area contributed by atoms with Gasteiger partial charge in [-0.2, -0.15) is 0 Å². The summed E-state index contributed by atoms with van der Waals surface area (Å²) in [6.07, 6.45) is 2.31. The molecule has 0 aromatic carbocycles. The topological polar surface area (TPSA) is 94.8 Å². The maximum absolute atomic E-state index is 10.6. The van der Waals surface area contributed by atoms with Gasteiger partial charge in [0.2, 0.25) is 0 Å². The molecule has 0 saturated heterocycles. The van der Waals surface area contributed by atoms with Crippen LogP contribution in [-0.4, -0.2) is 27.0 Å². The van der Waals surface area contributed by atoms with Crippen LogP contribution in [0.4, 0.5) is 0 Å². The normalized spacial score (nSPS) is 12.9. The first kappa shape index (κ1) is 13.4. The standard InChI is InChI=1S/C8H15O5P/c1-2-4-7(8(9)10)5-3-6-14(11,12)13/h5H,2-4,6H2,1H3,(H,9,10)(H2,11,12,13). The zero-order valence-electron chi connectivity index (χ0n) is 8.01. The fourth-order valence-electron chi connectivity index (χ4n) is 0.973. The van der Waals surface area contributed by atoms with Crippen molar-refractivity contribution in [2.45, 2.75) is 26.2 Å². The van der Waals surface area contributed by atoms with Crippen LogP contribution >= 0.6 is 7.60 Å². The van der Waals surface area contributed by atoms with Gasteiger partial charge in [-0.3, -0.25) is 4.57 Å². The Labute approximate surface area is 82.6 Å². The molecule has 0 spiro atoms. The monoisotopic (exact) mass is 222 g/mol. The van der Waals surface area contributed by atoms with Crippen molar-refractivity contribution in [2.75, 3.05) is 6.16 Å². The number of aliphatic carboxylic acids is 1. The number of carboxylic acid groups (broad SMARTS) is 1. The van der Waals surface area contributed by atoms with E-state index >= 15 is 0 Å². The fraction of sp³-hybridized carbons (Fsp3) is 0.625. The van der Waals surface area contributed by atoms with Crippen LogP contribution in [0.3, 0.4) is 0 Å². The van der Waals surface area contributed by atoms with Crippen LogP contribution in [-0.2, 0) is 9.36 Å². The molecule has 82 valence electrons. The van der Waals surface area contributed by atoms with E-state index in [-0.39, 0.29) is 18.2 Å². The van der Waals surface area contributed by atoms with Crippen LogP contribution in [0.2, 0.25) is 0 Å². The van der Waals surface area contributed by atoms with Crippen LogP contribution in [0.5, 0.6) is 0 Å². The highest BCUT2D eigenvalue weighted by molar-refractivity contribution is 7.51. The second-order valence-corrected chi connectivity index (χ2v) is 4.74. The van der Waals surface area contributed by atoms with Crippen molar-refractivity contribution in [3.05, 3.63) is 11.6 Å². The molecule has 0 saturated carbocycles. The van der Waals surface area contributed by atoms with Crippen LogP contribution in [0.1, 0.15) is 26.2 Å². The van der Waals surface area contributed by atoms with Gasteiger partial charge in [-0.15, -0.1) is 0 Å². The van der Waals surface area contributed by atoms with Crippen molar-refractivity contribution in [2.24, 2.45) is 0 Å². The van der Waals surface area contributed by atoms with Crippen molar-refractivity contribution in [1.82, 2.24) is 0 Å². The molecule has 0 heterocycles. The van der Waals surface area contributed by atoms with E-state index in [2.05, 4.69) is 0 Å². The third-order valence-corrected chi connectivity index (χ3v) is 2.45. The maximum Gasteiger partial charge on any atom is 0.331 e. The molecule has 0 aliphatic carbocycles. The van der Waals surface area contributed by atoms with Gasteiger partial charge < -0.3 is 14.9 Å². The van der Waals surface area contributed by atoms with Gasteiger partial charge in [-0.25, -0.2) is 4.79 Å². The summed E-state index contributed by atoms with van der Waals surface area (Å²) in [4.78, 5) is 27.6. The Morgan fingerprint density at radius 3 is 2.36 bits per heavy atom. The molecule has 0 unspecified atom stereocenters. The van der Waals surface area contributed by atoms with E-state index in [1.807, 2.05) is 6.92 Å². The molecule has 14 heavy (non-hydrogen) atoms. The van der Waals surface area contributed by atoms with Gasteiger partial charge >= 0.3 is 13.6 Å². The summed E-state index contributed by atoms with van der Waals surface area (Å²) < 4.78 is 10.5. The zero-order valence-corrected chi connectivity index (χ0v) is 8.91. The Morgan fingerprint density at radius 1 is 1.43 bits per heavy atom. The van der Waals surface area contributed by atoms with E-state index in [0.717, 1.165) is 0 Å². The summed E-state index contributed by atoms with van der Waals surface area (Å²) in [5, 5.41) is 8.67. The summed E-state index contributed by atoms with van der Waals surface area (Å²) in [6, 6.07) is 0. The highest BCUT2D eigenvalue weighted by Gasteiger charge is 2.12.